The summed E-state index contributed by atoms with van der Waals surface area (Å²) in [6.07, 6.45) is 2.12. The molecule has 10 nitrogen and oxygen atoms in total. The molecule has 0 spiro atoms. The molecule has 0 fully saturated rings. The Kier molecular flexibility index (Phi) is 5.79. The van der Waals surface area contributed by atoms with E-state index in [4.69, 9.17) is 15.5 Å². The summed E-state index contributed by atoms with van der Waals surface area (Å²) in [6.45, 7) is 2.17. The molecule has 2 rings (SSSR count). The third-order valence-electron chi connectivity index (χ3n) is 3.04. The number of carbonyl (C=O) groups excluding carboxylic acids is 1. The molecule has 0 saturated carbocycles. The molecule has 122 valence electrons. The van der Waals surface area contributed by atoms with Gasteiger partial charge in [-0.1, -0.05) is 10.2 Å². The zero-order valence-electron chi connectivity index (χ0n) is 12.9. The van der Waals surface area contributed by atoms with Crippen LogP contribution in [-0.2, 0) is 13.0 Å². The van der Waals surface area contributed by atoms with Gasteiger partial charge in [-0.05, 0) is 34.8 Å². The lowest BCUT2D eigenvalue weighted by Gasteiger charge is -2.07. The van der Waals surface area contributed by atoms with Gasteiger partial charge in [0, 0.05) is 41.0 Å². The smallest absolute Gasteiger partial charge is 0.251 e. The highest BCUT2D eigenvalue weighted by Gasteiger charge is 2.09. The van der Waals surface area contributed by atoms with E-state index in [0.29, 0.717) is 35.7 Å². The zero-order chi connectivity index (χ0) is 17.4. The number of amides is 1. The van der Waals surface area contributed by atoms with E-state index in [-0.39, 0.29) is 18.1 Å². The van der Waals surface area contributed by atoms with E-state index in [1.165, 1.54) is 6.07 Å². The fourth-order valence-corrected chi connectivity index (χ4v) is 2.04. The number of benzene rings is 1. The predicted molar refractivity (Wildman–Crippen MR) is 85.4 cm³/mol. The highest BCUT2D eigenvalue weighted by molar-refractivity contribution is 5.95. The molecule has 1 heterocycles. The van der Waals surface area contributed by atoms with Crippen LogP contribution in [-0.4, -0.2) is 17.4 Å². The van der Waals surface area contributed by atoms with Crippen molar-refractivity contribution in [3.05, 3.63) is 68.1 Å². The molecule has 0 aliphatic carbocycles. The van der Waals surface area contributed by atoms with Crippen LogP contribution in [0.5, 0.6) is 0 Å². The first-order chi connectivity index (χ1) is 11.6. The summed E-state index contributed by atoms with van der Waals surface area (Å²) in [5.41, 5.74) is 18.1. The van der Waals surface area contributed by atoms with Crippen LogP contribution in [0.3, 0.4) is 0 Å². The van der Waals surface area contributed by atoms with E-state index in [1.54, 1.807) is 25.3 Å². The maximum absolute atomic E-state index is 12.2. The summed E-state index contributed by atoms with van der Waals surface area (Å²) < 4.78 is 5.32. The number of carbonyl (C=O) groups is 1. The lowest BCUT2D eigenvalue weighted by atomic mass is 10.1. The van der Waals surface area contributed by atoms with Crippen molar-refractivity contribution < 1.29 is 9.21 Å². The quantitative estimate of drug-likeness (QED) is 0.468. The zero-order valence-corrected chi connectivity index (χ0v) is 12.9. The van der Waals surface area contributed by atoms with Gasteiger partial charge >= 0.3 is 0 Å². The van der Waals surface area contributed by atoms with Crippen molar-refractivity contribution in [3.63, 3.8) is 0 Å². The number of aromatic nitrogens is 1. The number of nitrogens with one attached hydrogen (secondary N) is 1. The summed E-state index contributed by atoms with van der Waals surface area (Å²) in [5.74, 6) is 0.921. The Balaban J connectivity index is 2.07. The molecular weight excluding hydrogens is 312 g/mol. The van der Waals surface area contributed by atoms with Crippen LogP contribution >= 0.6 is 0 Å². The van der Waals surface area contributed by atoms with Crippen molar-refractivity contribution in [2.24, 2.45) is 10.2 Å². The lowest BCUT2D eigenvalue weighted by molar-refractivity contribution is 0.0953. The van der Waals surface area contributed by atoms with E-state index in [2.05, 4.69) is 30.4 Å². The van der Waals surface area contributed by atoms with Crippen molar-refractivity contribution in [1.82, 2.24) is 10.3 Å². The van der Waals surface area contributed by atoms with Crippen LogP contribution in [0, 0.1) is 6.92 Å². The highest BCUT2D eigenvalue weighted by atomic mass is 16.4. The average Bonchev–Trinajstić information content (AvgIpc) is 2.98. The fourth-order valence-electron chi connectivity index (χ4n) is 2.04. The minimum absolute atomic E-state index is 0.0584. The molecular formula is C14H14N8O2. The normalized spacial score (nSPS) is 9.71. The Morgan fingerprint density at radius 2 is 2.17 bits per heavy atom. The second-order valence-electron chi connectivity index (χ2n) is 4.82. The van der Waals surface area contributed by atoms with Gasteiger partial charge in [0.1, 0.15) is 5.76 Å². The van der Waals surface area contributed by atoms with Gasteiger partial charge in [-0.25, -0.2) is 4.98 Å². The molecule has 1 aromatic carbocycles. The van der Waals surface area contributed by atoms with E-state index in [9.17, 15) is 4.79 Å². The van der Waals surface area contributed by atoms with Gasteiger partial charge in [0.05, 0.1) is 12.7 Å². The van der Waals surface area contributed by atoms with Crippen LogP contribution < -0.4 is 5.32 Å². The first kappa shape index (κ1) is 16.9. The molecule has 0 aliphatic rings. The number of hydrogen-bond acceptors (Lipinski definition) is 5. The van der Waals surface area contributed by atoms with Gasteiger partial charge in [-0.3, -0.25) is 4.79 Å². The van der Waals surface area contributed by atoms with Gasteiger partial charge in [-0.15, -0.1) is 0 Å². The Labute approximate surface area is 136 Å². The predicted octanol–water partition coefficient (Wildman–Crippen LogP) is 3.71. The largest absolute Gasteiger partial charge is 0.446 e. The number of aryl methyl sites for hydroxylation is 1. The monoisotopic (exact) mass is 326 g/mol. The van der Waals surface area contributed by atoms with E-state index in [0.717, 1.165) is 0 Å². The summed E-state index contributed by atoms with van der Waals surface area (Å²) in [4.78, 5) is 21.6. The van der Waals surface area contributed by atoms with E-state index in [1.807, 2.05) is 0 Å². The first-order valence-corrected chi connectivity index (χ1v) is 7.02. The van der Waals surface area contributed by atoms with E-state index < -0.39 is 0 Å². The molecule has 0 saturated heterocycles. The fraction of sp³-hybridized carbons (Fsp3) is 0.286. The van der Waals surface area contributed by atoms with Gasteiger partial charge in [-0.2, -0.15) is 0 Å². The SMILES string of the molecule is Cc1ncc(CCNC(=O)c2cc(CN=[N+]=[N-])cc(N=[N+]=[N-])c2)o1. The number of hydrogen-bond donors (Lipinski definition) is 1. The third kappa shape index (κ3) is 4.77. The Morgan fingerprint density at radius 3 is 2.83 bits per heavy atom. The number of rotatable bonds is 7. The molecule has 1 N–H and O–H groups in total. The van der Waals surface area contributed by atoms with Crippen LogP contribution in [0.4, 0.5) is 5.69 Å². The molecule has 2 aromatic rings. The van der Waals surface area contributed by atoms with Gasteiger partial charge in [0.25, 0.3) is 5.91 Å². The molecule has 0 aliphatic heterocycles. The van der Waals surface area contributed by atoms with Crippen LogP contribution in [0.1, 0.15) is 27.6 Å². The standard InChI is InChI=1S/C14H14N8O2/c1-9-18-8-13(24-9)2-3-17-14(23)11-4-10(7-19-21-15)5-12(6-11)20-22-16/h4-6,8H,2-3,7H2,1H3,(H,17,23). The molecule has 0 bridgehead atoms. The minimum Gasteiger partial charge on any atom is -0.446 e. The maximum atomic E-state index is 12.2. The van der Waals surface area contributed by atoms with Gasteiger partial charge in [0.15, 0.2) is 5.89 Å². The van der Waals surface area contributed by atoms with Crippen molar-refractivity contribution in [2.75, 3.05) is 6.54 Å². The second-order valence-corrected chi connectivity index (χ2v) is 4.82. The molecule has 1 aromatic heterocycles. The second kappa shape index (κ2) is 8.23. The number of azide groups is 2. The summed E-state index contributed by atoms with van der Waals surface area (Å²) in [7, 11) is 0. The summed E-state index contributed by atoms with van der Waals surface area (Å²) in [6, 6.07) is 4.61. The molecule has 10 heteroatoms. The van der Waals surface area contributed by atoms with Crippen LogP contribution in [0.15, 0.2) is 39.0 Å². The Bertz CT molecular complexity index is 831. The molecule has 0 radical (unpaired) electrons. The molecule has 0 unspecified atom stereocenters. The highest BCUT2D eigenvalue weighted by Crippen LogP contribution is 2.19. The Morgan fingerprint density at radius 1 is 1.33 bits per heavy atom. The number of nitrogens with zero attached hydrogens (tertiary/aromatic N) is 7. The molecule has 0 atom stereocenters. The summed E-state index contributed by atoms with van der Waals surface area (Å²) >= 11 is 0. The molecule has 24 heavy (non-hydrogen) atoms. The molecule has 1 amide bonds. The topological polar surface area (TPSA) is 153 Å². The lowest BCUT2D eigenvalue weighted by Crippen LogP contribution is -2.25. The minimum atomic E-state index is -0.330. The van der Waals surface area contributed by atoms with Crippen molar-refractivity contribution in [2.45, 2.75) is 19.9 Å². The van der Waals surface area contributed by atoms with Crippen molar-refractivity contribution >= 4 is 11.6 Å². The van der Waals surface area contributed by atoms with Gasteiger partial charge < -0.3 is 9.73 Å². The van der Waals surface area contributed by atoms with Crippen molar-refractivity contribution in [3.8, 4) is 0 Å². The van der Waals surface area contributed by atoms with Crippen molar-refractivity contribution in [1.29, 1.82) is 0 Å². The third-order valence-corrected chi connectivity index (χ3v) is 3.04. The Hall–Kier alpha value is -3.48. The van der Waals surface area contributed by atoms with Crippen LogP contribution in [0.2, 0.25) is 0 Å². The average molecular weight is 326 g/mol. The van der Waals surface area contributed by atoms with Crippen LogP contribution in [0.25, 0.3) is 20.9 Å². The first-order valence-electron chi connectivity index (χ1n) is 7.02. The number of oxazole rings is 1. The van der Waals surface area contributed by atoms with E-state index >= 15 is 0 Å². The summed E-state index contributed by atoms with van der Waals surface area (Å²) in [5, 5.41) is 9.68. The van der Waals surface area contributed by atoms with Gasteiger partial charge in [0.2, 0.25) is 0 Å². The maximum Gasteiger partial charge on any atom is 0.251 e.